The van der Waals surface area contributed by atoms with E-state index in [-0.39, 0.29) is 23.3 Å². The van der Waals surface area contributed by atoms with Gasteiger partial charge in [0.05, 0.1) is 0 Å². The van der Waals surface area contributed by atoms with Crippen LogP contribution >= 0.6 is 11.6 Å². The molecule has 1 heterocycles. The summed E-state index contributed by atoms with van der Waals surface area (Å²) in [6.45, 7) is 0.105. The second-order valence-electron chi connectivity index (χ2n) is 4.11. The minimum atomic E-state index is -0.138. The number of aromatic nitrogens is 1. The summed E-state index contributed by atoms with van der Waals surface area (Å²) in [5.74, 6) is 0.636. The zero-order valence-electron chi connectivity index (χ0n) is 10.6. The highest BCUT2D eigenvalue weighted by Gasteiger charge is 2.11. The van der Waals surface area contributed by atoms with Gasteiger partial charge in [-0.25, -0.2) is 4.98 Å². The fourth-order valence-electron chi connectivity index (χ4n) is 1.67. The van der Waals surface area contributed by atoms with E-state index in [9.17, 15) is 0 Å². The number of aliphatic hydroxyl groups is 1. The lowest BCUT2D eigenvalue weighted by Gasteiger charge is -2.09. The van der Waals surface area contributed by atoms with Crippen LogP contribution in [-0.4, -0.2) is 22.5 Å². The first-order valence-electron chi connectivity index (χ1n) is 5.98. The first-order chi connectivity index (χ1) is 9.61. The molecule has 0 unspecified atom stereocenters. The van der Waals surface area contributed by atoms with Crippen molar-refractivity contribution in [3.8, 4) is 11.6 Å². The van der Waals surface area contributed by atoms with Crippen LogP contribution in [0.3, 0.4) is 0 Å². The number of nitrogens with one attached hydrogen (secondary N) is 1. The summed E-state index contributed by atoms with van der Waals surface area (Å²) < 4.78 is 5.58. The molecule has 5 nitrogen and oxygen atoms in total. The number of pyridine rings is 1. The normalized spacial score (nSPS) is 10.3. The van der Waals surface area contributed by atoms with Crippen molar-refractivity contribution in [2.45, 2.75) is 6.42 Å². The Kier molecular flexibility index (Phi) is 4.55. The molecule has 0 saturated carbocycles. The number of nitrogens with two attached hydrogens (primary N) is 1. The molecule has 0 atom stereocenters. The van der Waals surface area contributed by atoms with Crippen LogP contribution in [0.15, 0.2) is 36.5 Å². The second-order valence-corrected chi connectivity index (χ2v) is 4.49. The van der Waals surface area contributed by atoms with Crippen LogP contribution in [0.1, 0.15) is 11.1 Å². The summed E-state index contributed by atoms with van der Waals surface area (Å²) in [5, 5.41) is 16.5. The summed E-state index contributed by atoms with van der Waals surface area (Å²) >= 11 is 6.09. The van der Waals surface area contributed by atoms with Gasteiger partial charge in [0.15, 0.2) is 0 Å². The standard InChI is InChI=1S/C14H14ClN3O2/c15-12-11(13(16)17)5-7-18-14(12)20-10-3-1-9(2-4-10)6-8-19/h1-5,7,19H,6,8H2,(H3,16,17). The topological polar surface area (TPSA) is 92.2 Å². The van der Waals surface area contributed by atoms with Gasteiger partial charge in [-0.15, -0.1) is 0 Å². The van der Waals surface area contributed by atoms with E-state index in [1.165, 1.54) is 6.20 Å². The van der Waals surface area contributed by atoms with Gasteiger partial charge < -0.3 is 15.6 Å². The number of hydrogen-bond donors (Lipinski definition) is 3. The molecule has 0 aliphatic carbocycles. The summed E-state index contributed by atoms with van der Waals surface area (Å²) in [4.78, 5) is 4.03. The number of nitrogen functional groups attached to an aromatic ring is 1. The molecule has 1 aromatic heterocycles. The first-order valence-corrected chi connectivity index (χ1v) is 6.36. The average Bonchev–Trinajstić information content (AvgIpc) is 2.43. The Balaban J connectivity index is 2.21. The molecule has 0 saturated heterocycles. The zero-order valence-corrected chi connectivity index (χ0v) is 11.4. The molecule has 4 N–H and O–H groups in total. The van der Waals surface area contributed by atoms with Crippen molar-refractivity contribution < 1.29 is 9.84 Å². The van der Waals surface area contributed by atoms with Gasteiger partial charge in [-0.05, 0) is 30.2 Å². The molecule has 0 bridgehead atoms. The Hall–Kier alpha value is -2.11. The molecule has 0 amide bonds. The maximum Gasteiger partial charge on any atom is 0.238 e. The van der Waals surface area contributed by atoms with Crippen LogP contribution in [0.5, 0.6) is 11.6 Å². The third-order valence-corrected chi connectivity index (χ3v) is 3.05. The van der Waals surface area contributed by atoms with E-state index in [2.05, 4.69) is 4.98 Å². The summed E-state index contributed by atoms with van der Waals surface area (Å²) in [6.07, 6.45) is 2.08. The molecule has 104 valence electrons. The molecular weight excluding hydrogens is 278 g/mol. The second kappa shape index (κ2) is 6.36. The zero-order chi connectivity index (χ0) is 14.5. The van der Waals surface area contributed by atoms with E-state index in [1.54, 1.807) is 18.2 Å². The minimum Gasteiger partial charge on any atom is -0.438 e. The van der Waals surface area contributed by atoms with E-state index < -0.39 is 0 Å². The van der Waals surface area contributed by atoms with Gasteiger partial charge in [-0.3, -0.25) is 5.41 Å². The minimum absolute atomic E-state index is 0.105. The molecule has 0 radical (unpaired) electrons. The van der Waals surface area contributed by atoms with Gasteiger partial charge in [-0.1, -0.05) is 23.7 Å². The van der Waals surface area contributed by atoms with E-state index in [0.717, 1.165) is 5.56 Å². The highest BCUT2D eigenvalue weighted by atomic mass is 35.5. The lowest BCUT2D eigenvalue weighted by atomic mass is 10.1. The van der Waals surface area contributed by atoms with E-state index in [1.807, 2.05) is 12.1 Å². The molecule has 2 aromatic rings. The highest BCUT2D eigenvalue weighted by molar-refractivity contribution is 6.35. The third kappa shape index (κ3) is 3.26. The van der Waals surface area contributed by atoms with Crippen LogP contribution in [-0.2, 0) is 6.42 Å². The van der Waals surface area contributed by atoms with Crippen molar-refractivity contribution >= 4 is 17.4 Å². The number of hydrogen-bond acceptors (Lipinski definition) is 4. The molecule has 0 spiro atoms. The number of halogens is 1. The highest BCUT2D eigenvalue weighted by Crippen LogP contribution is 2.29. The van der Waals surface area contributed by atoms with E-state index >= 15 is 0 Å². The fourth-order valence-corrected chi connectivity index (χ4v) is 1.92. The maximum absolute atomic E-state index is 8.85. The van der Waals surface area contributed by atoms with Crippen LogP contribution in [0.25, 0.3) is 0 Å². The van der Waals surface area contributed by atoms with Gasteiger partial charge >= 0.3 is 0 Å². The molecule has 6 heteroatoms. The van der Waals surface area contributed by atoms with Crippen molar-refractivity contribution in [3.05, 3.63) is 52.7 Å². The van der Waals surface area contributed by atoms with Gasteiger partial charge in [0.1, 0.15) is 16.6 Å². The number of ether oxygens (including phenoxy) is 1. The fraction of sp³-hybridized carbons (Fsp3) is 0.143. The lowest BCUT2D eigenvalue weighted by Crippen LogP contribution is -2.12. The van der Waals surface area contributed by atoms with Crippen molar-refractivity contribution in [1.82, 2.24) is 4.98 Å². The number of nitrogens with zero attached hydrogens (tertiary/aromatic N) is 1. The smallest absolute Gasteiger partial charge is 0.238 e. The van der Waals surface area contributed by atoms with Crippen molar-refractivity contribution in [2.24, 2.45) is 5.73 Å². The van der Waals surface area contributed by atoms with Crippen LogP contribution < -0.4 is 10.5 Å². The number of rotatable bonds is 5. The summed E-state index contributed by atoms with van der Waals surface area (Å²) in [6, 6.07) is 8.80. The molecular formula is C14H14ClN3O2. The van der Waals surface area contributed by atoms with Crippen LogP contribution in [0.4, 0.5) is 0 Å². The Morgan fingerprint density at radius 1 is 1.30 bits per heavy atom. The van der Waals surface area contributed by atoms with Gasteiger partial charge in [0.2, 0.25) is 5.88 Å². The van der Waals surface area contributed by atoms with E-state index in [0.29, 0.717) is 17.7 Å². The Bertz CT molecular complexity index is 614. The van der Waals surface area contributed by atoms with Gasteiger partial charge in [0, 0.05) is 18.4 Å². The first kappa shape index (κ1) is 14.3. The van der Waals surface area contributed by atoms with Gasteiger partial charge in [-0.2, -0.15) is 0 Å². The van der Waals surface area contributed by atoms with Crippen LogP contribution in [0, 0.1) is 5.41 Å². The Labute approximate surface area is 121 Å². The van der Waals surface area contributed by atoms with Gasteiger partial charge in [0.25, 0.3) is 0 Å². The predicted molar refractivity (Wildman–Crippen MR) is 77.6 cm³/mol. The van der Waals surface area contributed by atoms with E-state index in [4.69, 9.17) is 32.6 Å². The molecule has 1 aromatic carbocycles. The maximum atomic E-state index is 8.85. The van der Waals surface area contributed by atoms with Crippen LogP contribution in [0.2, 0.25) is 5.02 Å². The largest absolute Gasteiger partial charge is 0.438 e. The molecule has 0 fully saturated rings. The summed E-state index contributed by atoms with van der Waals surface area (Å²) in [5.41, 5.74) is 6.82. The average molecular weight is 292 g/mol. The lowest BCUT2D eigenvalue weighted by molar-refractivity contribution is 0.299. The van der Waals surface area contributed by atoms with Crippen molar-refractivity contribution in [3.63, 3.8) is 0 Å². The number of amidine groups is 1. The molecule has 2 rings (SSSR count). The SMILES string of the molecule is N=C(N)c1ccnc(Oc2ccc(CCO)cc2)c1Cl. The van der Waals surface area contributed by atoms with Crippen molar-refractivity contribution in [1.29, 1.82) is 5.41 Å². The Morgan fingerprint density at radius 2 is 2.00 bits per heavy atom. The summed E-state index contributed by atoms with van der Waals surface area (Å²) in [7, 11) is 0. The van der Waals surface area contributed by atoms with Crippen molar-refractivity contribution in [2.75, 3.05) is 6.61 Å². The monoisotopic (exact) mass is 291 g/mol. The molecule has 0 aliphatic rings. The Morgan fingerprint density at radius 3 is 2.60 bits per heavy atom. The number of aliphatic hydroxyl groups excluding tert-OH is 1. The predicted octanol–water partition coefficient (Wildman–Crippen LogP) is 2.35. The third-order valence-electron chi connectivity index (χ3n) is 2.69. The molecule has 20 heavy (non-hydrogen) atoms. The number of benzene rings is 1. The molecule has 0 aliphatic heterocycles. The quantitative estimate of drug-likeness (QED) is 0.582.